The molecule has 1 aliphatic heterocycles. The molecule has 2 rings (SSSR count). The van der Waals surface area contributed by atoms with E-state index < -0.39 is 5.91 Å². The van der Waals surface area contributed by atoms with Crippen LogP contribution >= 0.6 is 0 Å². The zero-order valence-electron chi connectivity index (χ0n) is 9.80. The van der Waals surface area contributed by atoms with Gasteiger partial charge in [-0.2, -0.15) is 0 Å². The Kier molecular flexibility index (Phi) is 3.05. The van der Waals surface area contributed by atoms with Crippen LogP contribution in [0.15, 0.2) is 12.1 Å². The van der Waals surface area contributed by atoms with E-state index in [1.807, 2.05) is 4.90 Å². The van der Waals surface area contributed by atoms with E-state index in [4.69, 9.17) is 17.2 Å². The molecule has 0 aromatic carbocycles. The van der Waals surface area contributed by atoms with Gasteiger partial charge in [0.2, 0.25) is 5.91 Å². The van der Waals surface area contributed by atoms with Gasteiger partial charge in [-0.1, -0.05) is 0 Å². The third kappa shape index (κ3) is 2.20. The molecule has 7 heteroatoms. The Morgan fingerprint density at radius 2 is 2.06 bits per heavy atom. The Hall–Kier alpha value is -2.31. The predicted octanol–water partition coefficient (Wildman–Crippen LogP) is -0.926. The molecule has 1 unspecified atom stereocenters. The number of carbonyl (C=O) groups excluding carboxylic acids is 2. The van der Waals surface area contributed by atoms with Crippen molar-refractivity contribution >= 4 is 23.3 Å². The van der Waals surface area contributed by atoms with Gasteiger partial charge in [-0.05, 0) is 18.6 Å². The van der Waals surface area contributed by atoms with Gasteiger partial charge < -0.3 is 22.1 Å². The minimum atomic E-state index is -0.609. The van der Waals surface area contributed by atoms with Crippen LogP contribution < -0.4 is 22.1 Å². The van der Waals surface area contributed by atoms with Crippen LogP contribution in [0, 0.1) is 5.92 Å². The first-order chi connectivity index (χ1) is 8.49. The lowest BCUT2D eigenvalue weighted by Gasteiger charge is -2.19. The molecule has 1 fully saturated rings. The second-order valence-corrected chi connectivity index (χ2v) is 4.31. The van der Waals surface area contributed by atoms with Crippen LogP contribution in [0.1, 0.15) is 16.9 Å². The van der Waals surface area contributed by atoms with Crippen molar-refractivity contribution in [3.63, 3.8) is 0 Å². The number of anilines is 2. The maximum atomic E-state index is 11.1. The van der Waals surface area contributed by atoms with Crippen molar-refractivity contribution in [1.82, 2.24) is 4.98 Å². The lowest BCUT2D eigenvalue weighted by Crippen LogP contribution is -2.28. The topological polar surface area (TPSA) is 128 Å². The number of pyridine rings is 1. The van der Waals surface area contributed by atoms with Gasteiger partial charge in [-0.3, -0.25) is 9.59 Å². The van der Waals surface area contributed by atoms with Crippen molar-refractivity contribution in [3.8, 4) is 0 Å². The minimum absolute atomic E-state index is 0.154. The fourth-order valence-corrected chi connectivity index (χ4v) is 2.03. The number of aromatic nitrogens is 1. The predicted molar refractivity (Wildman–Crippen MR) is 66.7 cm³/mol. The number of hydrogen-bond donors (Lipinski definition) is 3. The van der Waals surface area contributed by atoms with Gasteiger partial charge in [-0.15, -0.1) is 0 Å². The van der Waals surface area contributed by atoms with Crippen molar-refractivity contribution in [2.24, 2.45) is 17.4 Å². The number of primary amides is 2. The summed E-state index contributed by atoms with van der Waals surface area (Å²) in [5.41, 5.74) is 16.9. The normalized spacial score (nSPS) is 18.9. The van der Waals surface area contributed by atoms with Crippen molar-refractivity contribution in [2.45, 2.75) is 6.42 Å². The van der Waals surface area contributed by atoms with E-state index in [0.29, 0.717) is 31.0 Å². The SMILES string of the molecule is NC(=O)c1ccc(N)c(N2CCC(C(N)=O)C2)n1. The van der Waals surface area contributed by atoms with Crippen molar-refractivity contribution in [2.75, 3.05) is 23.7 Å². The summed E-state index contributed by atoms with van der Waals surface area (Å²) < 4.78 is 0. The molecule has 1 aromatic rings. The molecule has 6 N–H and O–H groups in total. The molecule has 0 radical (unpaired) electrons. The smallest absolute Gasteiger partial charge is 0.267 e. The maximum absolute atomic E-state index is 11.1. The summed E-state index contributed by atoms with van der Waals surface area (Å²) >= 11 is 0. The highest BCUT2D eigenvalue weighted by Gasteiger charge is 2.28. The molecule has 96 valence electrons. The van der Waals surface area contributed by atoms with Gasteiger partial charge in [0.05, 0.1) is 11.6 Å². The number of nitrogen functional groups attached to an aromatic ring is 1. The molecule has 0 aliphatic carbocycles. The average Bonchev–Trinajstić information content (AvgIpc) is 2.78. The Morgan fingerprint density at radius 1 is 1.33 bits per heavy atom. The van der Waals surface area contributed by atoms with Crippen LogP contribution in [-0.2, 0) is 4.79 Å². The lowest BCUT2D eigenvalue weighted by atomic mass is 10.1. The Labute approximate surface area is 104 Å². The zero-order chi connectivity index (χ0) is 13.3. The summed E-state index contributed by atoms with van der Waals surface area (Å²) in [7, 11) is 0. The molecule has 0 saturated carbocycles. The number of nitrogens with zero attached hydrogens (tertiary/aromatic N) is 2. The first-order valence-electron chi connectivity index (χ1n) is 5.59. The third-order valence-corrected chi connectivity index (χ3v) is 3.05. The molecule has 2 heterocycles. The summed E-state index contributed by atoms with van der Waals surface area (Å²) in [4.78, 5) is 28.2. The monoisotopic (exact) mass is 249 g/mol. The van der Waals surface area contributed by atoms with Gasteiger partial charge in [-0.25, -0.2) is 4.98 Å². The number of rotatable bonds is 3. The number of carbonyl (C=O) groups is 2. The Bertz CT molecular complexity index is 502. The number of amides is 2. The molecular weight excluding hydrogens is 234 g/mol. The molecule has 1 atom stereocenters. The summed E-state index contributed by atoms with van der Waals surface area (Å²) in [5, 5.41) is 0. The summed E-state index contributed by atoms with van der Waals surface area (Å²) in [6, 6.07) is 3.06. The van der Waals surface area contributed by atoms with Crippen LogP contribution in [0.4, 0.5) is 11.5 Å². The zero-order valence-corrected chi connectivity index (χ0v) is 9.80. The van der Waals surface area contributed by atoms with Crippen LogP contribution in [0.3, 0.4) is 0 Å². The fourth-order valence-electron chi connectivity index (χ4n) is 2.03. The number of hydrogen-bond acceptors (Lipinski definition) is 5. The van der Waals surface area contributed by atoms with Crippen LogP contribution in [0.2, 0.25) is 0 Å². The average molecular weight is 249 g/mol. The Morgan fingerprint density at radius 3 is 2.61 bits per heavy atom. The van der Waals surface area contributed by atoms with Crippen molar-refractivity contribution < 1.29 is 9.59 Å². The molecule has 0 spiro atoms. The highest BCUT2D eigenvalue weighted by Crippen LogP contribution is 2.27. The van der Waals surface area contributed by atoms with E-state index >= 15 is 0 Å². The molecule has 1 saturated heterocycles. The van der Waals surface area contributed by atoms with Crippen LogP contribution in [0.25, 0.3) is 0 Å². The van der Waals surface area contributed by atoms with Gasteiger partial charge >= 0.3 is 0 Å². The molecular formula is C11H15N5O2. The molecule has 7 nitrogen and oxygen atoms in total. The van der Waals surface area contributed by atoms with Gasteiger partial charge in [0.1, 0.15) is 5.69 Å². The largest absolute Gasteiger partial charge is 0.396 e. The van der Waals surface area contributed by atoms with Crippen molar-refractivity contribution in [3.05, 3.63) is 17.8 Å². The van der Waals surface area contributed by atoms with Crippen LogP contribution in [-0.4, -0.2) is 29.9 Å². The van der Waals surface area contributed by atoms with E-state index in [9.17, 15) is 9.59 Å². The van der Waals surface area contributed by atoms with Gasteiger partial charge in [0.15, 0.2) is 5.82 Å². The molecule has 18 heavy (non-hydrogen) atoms. The first kappa shape index (κ1) is 12.2. The van der Waals surface area contributed by atoms with Gasteiger partial charge in [0.25, 0.3) is 5.91 Å². The van der Waals surface area contributed by atoms with Crippen LogP contribution in [0.5, 0.6) is 0 Å². The van der Waals surface area contributed by atoms with Gasteiger partial charge in [0, 0.05) is 13.1 Å². The number of nitrogens with two attached hydrogens (primary N) is 3. The summed E-state index contributed by atoms with van der Waals surface area (Å²) in [6.45, 7) is 1.10. The summed E-state index contributed by atoms with van der Waals surface area (Å²) in [5.74, 6) is -0.664. The summed E-state index contributed by atoms with van der Waals surface area (Å²) in [6.07, 6.45) is 0.664. The van der Waals surface area contributed by atoms with E-state index in [0.717, 1.165) is 0 Å². The Balaban J connectivity index is 2.26. The first-order valence-corrected chi connectivity index (χ1v) is 5.59. The second-order valence-electron chi connectivity index (χ2n) is 4.31. The maximum Gasteiger partial charge on any atom is 0.267 e. The fraction of sp³-hybridized carbons (Fsp3) is 0.364. The molecule has 2 amide bonds. The van der Waals surface area contributed by atoms with Crippen molar-refractivity contribution in [1.29, 1.82) is 0 Å². The highest BCUT2D eigenvalue weighted by atomic mass is 16.1. The molecule has 1 aromatic heterocycles. The second kappa shape index (κ2) is 4.52. The van der Waals surface area contributed by atoms with E-state index in [2.05, 4.69) is 4.98 Å². The van der Waals surface area contributed by atoms with E-state index in [-0.39, 0.29) is 17.5 Å². The van der Waals surface area contributed by atoms with E-state index in [1.54, 1.807) is 6.07 Å². The van der Waals surface area contributed by atoms with E-state index in [1.165, 1.54) is 6.07 Å². The third-order valence-electron chi connectivity index (χ3n) is 3.05. The quantitative estimate of drug-likeness (QED) is 0.637. The molecule has 0 bridgehead atoms. The lowest BCUT2D eigenvalue weighted by molar-refractivity contribution is -0.121. The molecule has 1 aliphatic rings. The highest BCUT2D eigenvalue weighted by molar-refractivity contribution is 5.92. The minimum Gasteiger partial charge on any atom is -0.396 e. The standard InChI is InChI=1S/C11H15N5O2/c12-7-1-2-8(10(14)18)15-11(7)16-4-3-6(5-16)9(13)17/h1-2,6H,3-5,12H2,(H2,13,17)(H2,14,18).